The van der Waals surface area contributed by atoms with E-state index in [-0.39, 0.29) is 11.3 Å². The van der Waals surface area contributed by atoms with Crippen LogP contribution in [0.1, 0.15) is 43.0 Å². The van der Waals surface area contributed by atoms with E-state index in [1.165, 1.54) is 0 Å². The first-order valence-electron chi connectivity index (χ1n) is 13.4. The SMILES string of the molecule is CCN(CC)CCCN1C(=O)C(=O)/C(=C(/O)c2ccc(OC)cc2)C1c1cccc(OCc2ccccc2)c1. The number of likely N-dealkylation sites (tertiary alicyclic amines) is 1. The molecule has 1 heterocycles. The molecule has 0 aliphatic carbocycles. The topological polar surface area (TPSA) is 79.3 Å². The number of carbonyl (C=O) groups excluding carboxylic acids is 2. The van der Waals surface area contributed by atoms with Crippen molar-refractivity contribution in [3.05, 3.63) is 101 Å². The molecule has 1 unspecified atom stereocenters. The maximum atomic E-state index is 13.4. The Kier molecular flexibility index (Phi) is 9.39. The summed E-state index contributed by atoms with van der Waals surface area (Å²) in [5.41, 5.74) is 2.26. The number of carbonyl (C=O) groups is 2. The first-order valence-corrected chi connectivity index (χ1v) is 13.4. The van der Waals surface area contributed by atoms with E-state index in [0.717, 1.165) is 25.2 Å². The van der Waals surface area contributed by atoms with Gasteiger partial charge in [0, 0.05) is 12.1 Å². The highest BCUT2D eigenvalue weighted by molar-refractivity contribution is 6.46. The lowest BCUT2D eigenvalue weighted by atomic mass is 9.95. The molecule has 0 saturated carbocycles. The Bertz CT molecular complexity index is 1300. The zero-order valence-electron chi connectivity index (χ0n) is 22.8. The van der Waals surface area contributed by atoms with E-state index in [2.05, 4.69) is 18.7 Å². The van der Waals surface area contributed by atoms with Crippen LogP contribution >= 0.6 is 0 Å². The van der Waals surface area contributed by atoms with Crippen molar-refractivity contribution in [3.8, 4) is 11.5 Å². The molecule has 1 atom stereocenters. The molecule has 7 heteroatoms. The predicted octanol–water partition coefficient (Wildman–Crippen LogP) is 5.43. The molecule has 204 valence electrons. The Morgan fingerprint density at radius 1 is 0.923 bits per heavy atom. The Morgan fingerprint density at radius 3 is 2.31 bits per heavy atom. The number of ketones is 1. The number of benzene rings is 3. The fraction of sp³-hybridized carbons (Fsp3) is 0.312. The fourth-order valence-corrected chi connectivity index (χ4v) is 4.88. The van der Waals surface area contributed by atoms with Crippen LogP contribution in [0.25, 0.3) is 5.76 Å². The predicted molar refractivity (Wildman–Crippen MR) is 152 cm³/mol. The smallest absolute Gasteiger partial charge is 0.295 e. The van der Waals surface area contributed by atoms with Crippen LogP contribution in [-0.4, -0.2) is 59.9 Å². The van der Waals surface area contributed by atoms with Crippen molar-refractivity contribution in [2.45, 2.75) is 32.9 Å². The third kappa shape index (κ3) is 6.49. The molecule has 7 nitrogen and oxygen atoms in total. The van der Waals surface area contributed by atoms with Crippen molar-refractivity contribution in [1.29, 1.82) is 0 Å². The van der Waals surface area contributed by atoms with Gasteiger partial charge in [-0.2, -0.15) is 0 Å². The highest BCUT2D eigenvalue weighted by Crippen LogP contribution is 2.40. The van der Waals surface area contributed by atoms with Gasteiger partial charge in [0.1, 0.15) is 23.9 Å². The van der Waals surface area contributed by atoms with Crippen molar-refractivity contribution < 1.29 is 24.2 Å². The summed E-state index contributed by atoms with van der Waals surface area (Å²) in [6.45, 7) is 7.62. The lowest BCUT2D eigenvalue weighted by Gasteiger charge is -2.27. The van der Waals surface area contributed by atoms with Crippen LogP contribution in [0, 0.1) is 0 Å². The van der Waals surface area contributed by atoms with Gasteiger partial charge in [0.15, 0.2) is 0 Å². The number of hydrogen-bond acceptors (Lipinski definition) is 6. The van der Waals surface area contributed by atoms with E-state index in [1.54, 1.807) is 36.3 Å². The van der Waals surface area contributed by atoms with Gasteiger partial charge in [0.05, 0.1) is 18.7 Å². The van der Waals surface area contributed by atoms with Crippen molar-refractivity contribution >= 4 is 17.4 Å². The molecule has 1 aliphatic heterocycles. The zero-order valence-corrected chi connectivity index (χ0v) is 22.8. The van der Waals surface area contributed by atoms with Crippen molar-refractivity contribution in [3.63, 3.8) is 0 Å². The molecule has 1 aliphatic rings. The van der Waals surface area contributed by atoms with Gasteiger partial charge < -0.3 is 24.4 Å². The lowest BCUT2D eigenvalue weighted by molar-refractivity contribution is -0.140. The van der Waals surface area contributed by atoms with Crippen LogP contribution in [0.5, 0.6) is 11.5 Å². The fourth-order valence-electron chi connectivity index (χ4n) is 4.88. The van der Waals surface area contributed by atoms with Gasteiger partial charge in [0.25, 0.3) is 11.7 Å². The third-order valence-electron chi connectivity index (χ3n) is 7.09. The summed E-state index contributed by atoms with van der Waals surface area (Å²) in [4.78, 5) is 30.5. The molecule has 0 spiro atoms. The Hall–Kier alpha value is -4.10. The summed E-state index contributed by atoms with van der Waals surface area (Å²) in [7, 11) is 1.56. The van der Waals surface area contributed by atoms with Crippen LogP contribution in [0.4, 0.5) is 0 Å². The summed E-state index contributed by atoms with van der Waals surface area (Å²) in [6, 6.07) is 23.3. The van der Waals surface area contributed by atoms with Crippen LogP contribution < -0.4 is 9.47 Å². The highest BCUT2D eigenvalue weighted by atomic mass is 16.5. The van der Waals surface area contributed by atoms with Gasteiger partial charge in [-0.05, 0) is 73.6 Å². The van der Waals surface area contributed by atoms with Crippen LogP contribution in [-0.2, 0) is 16.2 Å². The molecule has 1 saturated heterocycles. The molecule has 3 aromatic rings. The summed E-state index contributed by atoms with van der Waals surface area (Å²) < 4.78 is 11.3. The number of aliphatic hydroxyl groups excluding tert-OH is 1. The normalized spacial score (nSPS) is 16.6. The molecule has 1 N–H and O–H groups in total. The van der Waals surface area contributed by atoms with Crippen LogP contribution in [0.2, 0.25) is 0 Å². The molecule has 3 aromatic carbocycles. The Balaban J connectivity index is 1.69. The minimum absolute atomic E-state index is 0.0771. The van der Waals surface area contributed by atoms with Crippen LogP contribution in [0.3, 0.4) is 0 Å². The maximum absolute atomic E-state index is 13.4. The quantitative estimate of drug-likeness (QED) is 0.192. The number of rotatable bonds is 12. The molecular formula is C32H36N2O5. The first kappa shape index (κ1) is 27.9. The van der Waals surface area contributed by atoms with Crippen molar-refractivity contribution in [1.82, 2.24) is 9.80 Å². The van der Waals surface area contributed by atoms with Gasteiger partial charge in [-0.25, -0.2) is 0 Å². The van der Waals surface area contributed by atoms with Crippen molar-refractivity contribution in [2.24, 2.45) is 0 Å². The second kappa shape index (κ2) is 13.1. The number of nitrogens with zero attached hydrogens (tertiary/aromatic N) is 2. The minimum atomic E-state index is -0.732. The standard InChI is InChI=1S/C32H36N2O5/c1-4-33(5-2)19-10-20-34-29(25-13-9-14-27(21-25)39-22-23-11-7-6-8-12-23)28(31(36)32(34)37)30(35)24-15-17-26(38-3)18-16-24/h6-9,11-18,21,29,35H,4-5,10,19-20,22H2,1-3H3/b30-28+. The van der Waals surface area contributed by atoms with Gasteiger partial charge in [-0.1, -0.05) is 56.3 Å². The van der Waals surface area contributed by atoms with Gasteiger partial charge >= 0.3 is 0 Å². The summed E-state index contributed by atoms with van der Waals surface area (Å²) in [5, 5.41) is 11.3. The number of amides is 1. The number of aliphatic hydroxyl groups is 1. The largest absolute Gasteiger partial charge is 0.507 e. The first-order chi connectivity index (χ1) is 19.0. The highest BCUT2D eigenvalue weighted by Gasteiger charge is 2.45. The monoisotopic (exact) mass is 528 g/mol. The van der Waals surface area contributed by atoms with Gasteiger partial charge in [-0.3, -0.25) is 9.59 Å². The van der Waals surface area contributed by atoms with E-state index in [0.29, 0.717) is 42.2 Å². The van der Waals surface area contributed by atoms with Crippen LogP contribution in [0.15, 0.2) is 84.4 Å². The molecule has 1 amide bonds. The number of ether oxygens (including phenoxy) is 2. The van der Waals surface area contributed by atoms with E-state index in [4.69, 9.17) is 9.47 Å². The molecule has 39 heavy (non-hydrogen) atoms. The molecule has 1 fully saturated rings. The Morgan fingerprint density at radius 2 is 1.64 bits per heavy atom. The van der Waals surface area contributed by atoms with Gasteiger partial charge in [-0.15, -0.1) is 0 Å². The summed E-state index contributed by atoms with van der Waals surface area (Å²) in [5.74, 6) is -0.252. The van der Waals surface area contributed by atoms with E-state index >= 15 is 0 Å². The molecular weight excluding hydrogens is 492 g/mol. The Labute approximate surface area is 230 Å². The summed E-state index contributed by atoms with van der Waals surface area (Å²) in [6.07, 6.45) is 0.706. The molecule has 0 aromatic heterocycles. The molecule has 4 rings (SSSR count). The molecule has 0 radical (unpaired) electrons. The third-order valence-corrected chi connectivity index (χ3v) is 7.09. The summed E-state index contributed by atoms with van der Waals surface area (Å²) >= 11 is 0. The zero-order chi connectivity index (χ0) is 27.8. The minimum Gasteiger partial charge on any atom is -0.507 e. The van der Waals surface area contributed by atoms with Crippen molar-refractivity contribution in [2.75, 3.05) is 33.3 Å². The lowest BCUT2D eigenvalue weighted by Crippen LogP contribution is -2.33. The second-order valence-corrected chi connectivity index (χ2v) is 9.45. The number of methoxy groups -OCH3 is 1. The average Bonchev–Trinajstić information content (AvgIpc) is 3.23. The number of Topliss-reactive ketones (excluding diaryl/α,β-unsaturated/α-hetero) is 1. The molecule has 0 bridgehead atoms. The van der Waals surface area contributed by atoms with Gasteiger partial charge in [0.2, 0.25) is 0 Å². The average molecular weight is 529 g/mol. The van der Waals surface area contributed by atoms with E-state index in [9.17, 15) is 14.7 Å². The number of hydrogen-bond donors (Lipinski definition) is 1. The second-order valence-electron chi connectivity index (χ2n) is 9.45. The van der Waals surface area contributed by atoms with E-state index < -0.39 is 17.7 Å². The van der Waals surface area contributed by atoms with E-state index in [1.807, 2.05) is 54.6 Å². The maximum Gasteiger partial charge on any atom is 0.295 e.